The van der Waals surface area contributed by atoms with Gasteiger partial charge in [0, 0.05) is 6.54 Å². The number of nitrogens with two attached hydrogens (primary N) is 1. The zero-order valence-corrected chi connectivity index (χ0v) is 23.5. The number of imidazole rings is 1. The number of aromatic nitrogens is 4. The van der Waals surface area contributed by atoms with Crippen molar-refractivity contribution in [3.63, 3.8) is 0 Å². The Labute approximate surface area is 217 Å². The van der Waals surface area contributed by atoms with Crippen LogP contribution in [0.1, 0.15) is 48.5 Å². The van der Waals surface area contributed by atoms with E-state index in [0.717, 1.165) is 0 Å². The summed E-state index contributed by atoms with van der Waals surface area (Å²) in [6.07, 6.45) is 2.03. The minimum Gasteiger partial charge on any atom is -0.464 e. The van der Waals surface area contributed by atoms with Gasteiger partial charge in [0.15, 0.2) is 11.5 Å². The highest BCUT2D eigenvalue weighted by Gasteiger charge is 2.30. The lowest BCUT2D eigenvalue weighted by atomic mass is 10.2. The lowest BCUT2D eigenvalue weighted by Gasteiger charge is -2.26. The van der Waals surface area contributed by atoms with E-state index in [1.165, 1.54) is 6.33 Å². The molecule has 208 valence electrons. The number of nitrogens with zero attached hydrogens (tertiary/aromatic N) is 4. The lowest BCUT2D eigenvalue weighted by Crippen LogP contribution is -2.40. The molecule has 37 heavy (non-hydrogen) atoms. The molecule has 0 aromatic carbocycles. The van der Waals surface area contributed by atoms with Crippen LogP contribution in [0, 0.1) is 11.8 Å². The molecular weight excluding hydrogens is 501 g/mol. The summed E-state index contributed by atoms with van der Waals surface area (Å²) in [5.74, 6) is -1.07. The largest absolute Gasteiger partial charge is 0.464 e. The van der Waals surface area contributed by atoms with Gasteiger partial charge in [-0.2, -0.15) is 0 Å². The maximum Gasteiger partial charge on any atom is 0.323 e. The number of nitrogen functional groups attached to an aromatic ring is 1. The number of rotatable bonds is 15. The van der Waals surface area contributed by atoms with Crippen molar-refractivity contribution in [2.75, 3.05) is 25.2 Å². The van der Waals surface area contributed by atoms with Crippen molar-refractivity contribution in [3.05, 3.63) is 12.7 Å². The molecule has 14 heteroatoms. The summed E-state index contributed by atoms with van der Waals surface area (Å²) in [4.78, 5) is 37.0. The second-order valence-electron chi connectivity index (χ2n) is 9.80. The number of carbonyl (C=O) groups excluding carboxylic acids is 2. The predicted molar refractivity (Wildman–Crippen MR) is 140 cm³/mol. The van der Waals surface area contributed by atoms with Gasteiger partial charge in [0.2, 0.25) is 7.44 Å². The molecule has 2 aromatic heterocycles. The van der Waals surface area contributed by atoms with E-state index in [1.54, 1.807) is 38.6 Å². The second-order valence-corrected chi connectivity index (χ2v) is 12.1. The quantitative estimate of drug-likeness (QED) is 0.222. The van der Waals surface area contributed by atoms with Crippen LogP contribution in [0.15, 0.2) is 12.7 Å². The lowest BCUT2D eigenvalue weighted by molar-refractivity contribution is -0.151. The molecular formula is C23H40N7O6P. The van der Waals surface area contributed by atoms with Crippen LogP contribution in [0.5, 0.6) is 0 Å². The van der Waals surface area contributed by atoms with Crippen molar-refractivity contribution in [3.8, 4) is 0 Å². The molecule has 0 aliphatic carbocycles. The minimum absolute atomic E-state index is 0.0592. The molecule has 2 aromatic rings. The Hall–Kier alpha value is -2.60. The van der Waals surface area contributed by atoms with E-state index in [-0.39, 0.29) is 37.3 Å². The highest BCUT2D eigenvalue weighted by Crippen LogP contribution is 2.37. The summed E-state index contributed by atoms with van der Waals surface area (Å²) in [5.41, 5.74) is 6.89. The summed E-state index contributed by atoms with van der Waals surface area (Å²) in [7, 11) is -3.51. The van der Waals surface area contributed by atoms with Crippen LogP contribution >= 0.6 is 7.44 Å². The first-order chi connectivity index (χ1) is 17.3. The van der Waals surface area contributed by atoms with E-state index in [0.29, 0.717) is 17.7 Å². The van der Waals surface area contributed by atoms with Gasteiger partial charge in [-0.05, 0) is 33.6 Å². The molecule has 0 fully saturated rings. The van der Waals surface area contributed by atoms with Gasteiger partial charge in [0.25, 0.3) is 0 Å². The molecule has 2 rings (SSSR count). The number of hydrogen-bond donors (Lipinski definition) is 3. The van der Waals surface area contributed by atoms with Crippen LogP contribution in [0.4, 0.5) is 5.82 Å². The molecule has 13 nitrogen and oxygen atoms in total. The smallest absolute Gasteiger partial charge is 0.323 e. The zero-order valence-electron chi connectivity index (χ0n) is 22.6. The maximum atomic E-state index is 13.8. The fraction of sp³-hybridized carbons (Fsp3) is 0.696. The summed E-state index contributed by atoms with van der Waals surface area (Å²) in [5, 5.41) is 5.75. The first kappa shape index (κ1) is 30.6. The van der Waals surface area contributed by atoms with Gasteiger partial charge >= 0.3 is 11.9 Å². The third-order valence-electron chi connectivity index (χ3n) is 5.15. The Balaban J connectivity index is 2.07. The fourth-order valence-corrected chi connectivity index (χ4v) is 5.20. The zero-order chi connectivity index (χ0) is 27.8. The van der Waals surface area contributed by atoms with Crippen molar-refractivity contribution >= 4 is 36.4 Å². The number of esters is 2. The molecule has 1 unspecified atom stereocenters. The molecule has 0 amide bonds. The van der Waals surface area contributed by atoms with Gasteiger partial charge in [-0.25, -0.2) is 20.0 Å². The van der Waals surface area contributed by atoms with E-state index in [9.17, 15) is 14.2 Å². The predicted octanol–water partition coefficient (Wildman–Crippen LogP) is 2.32. The Morgan fingerprint density at radius 1 is 1.08 bits per heavy atom. The van der Waals surface area contributed by atoms with Crippen LogP contribution in [-0.2, 0) is 34.9 Å². The summed E-state index contributed by atoms with van der Waals surface area (Å²) in [6, 6.07) is -0.869. The summed E-state index contributed by atoms with van der Waals surface area (Å²) < 4.78 is 32.0. The number of nitrogens with one attached hydrogen (secondary N) is 2. The monoisotopic (exact) mass is 541 g/mol. The van der Waals surface area contributed by atoms with Crippen molar-refractivity contribution in [1.29, 1.82) is 0 Å². The van der Waals surface area contributed by atoms with Crippen molar-refractivity contribution < 1.29 is 28.4 Å². The third-order valence-corrected chi connectivity index (χ3v) is 7.16. The van der Waals surface area contributed by atoms with E-state index in [4.69, 9.17) is 19.9 Å². The number of fused-ring (bicyclic) bond motifs is 1. The number of carbonyl (C=O) groups is 2. The molecule has 4 N–H and O–H groups in total. The van der Waals surface area contributed by atoms with Crippen LogP contribution in [0.25, 0.3) is 11.2 Å². The van der Waals surface area contributed by atoms with Crippen molar-refractivity contribution in [1.82, 2.24) is 29.7 Å². The summed E-state index contributed by atoms with van der Waals surface area (Å²) in [6.45, 7) is 13.1. The molecule has 0 bridgehead atoms. The second kappa shape index (κ2) is 13.8. The molecule has 2 heterocycles. The van der Waals surface area contributed by atoms with E-state index < -0.39 is 37.4 Å². The molecule has 0 saturated heterocycles. The Kier molecular flexibility index (Phi) is 11.4. The molecule has 0 saturated carbocycles. The number of hydrogen-bond acceptors (Lipinski definition) is 10. The van der Waals surface area contributed by atoms with Gasteiger partial charge in [0.1, 0.15) is 24.2 Å². The fourth-order valence-electron chi connectivity index (χ4n) is 3.18. The first-order valence-corrected chi connectivity index (χ1v) is 14.2. The molecule has 0 spiro atoms. The molecule has 4 atom stereocenters. The minimum atomic E-state index is -3.51. The van der Waals surface area contributed by atoms with Gasteiger partial charge in [-0.1, -0.05) is 20.8 Å². The Morgan fingerprint density at radius 2 is 1.78 bits per heavy atom. The van der Waals surface area contributed by atoms with E-state index in [2.05, 4.69) is 25.1 Å². The van der Waals surface area contributed by atoms with Crippen molar-refractivity contribution in [2.24, 2.45) is 11.8 Å². The highest BCUT2D eigenvalue weighted by molar-refractivity contribution is 7.59. The van der Waals surface area contributed by atoms with Gasteiger partial charge in [0.05, 0.1) is 37.6 Å². The Morgan fingerprint density at radius 3 is 2.43 bits per heavy atom. The standard InChI is InChI=1S/C23H40N7O6P/c1-14(2)10-34-23(32)18(7)29-37(33,28-8-16(5)22(31)36-15(3)4)13-35-17(6)9-30-12-27-19-20(24)25-11-26-21(19)30/h11-12,14-18H,8-10,13H2,1-7H3,(H2,24,25,26)(H2,28,29,33)/t16-,17+,18-,37?/m0/s1. The normalized spacial score (nSPS) is 15.9. The average Bonchev–Trinajstić information content (AvgIpc) is 3.23. The van der Waals surface area contributed by atoms with Crippen LogP contribution in [0.2, 0.25) is 0 Å². The molecule has 0 radical (unpaired) electrons. The van der Waals surface area contributed by atoms with Crippen LogP contribution < -0.4 is 15.9 Å². The third kappa shape index (κ3) is 9.66. The van der Waals surface area contributed by atoms with Gasteiger partial charge < -0.3 is 24.5 Å². The number of ether oxygens (including phenoxy) is 3. The van der Waals surface area contributed by atoms with Crippen molar-refractivity contribution in [2.45, 2.75) is 73.3 Å². The highest BCUT2D eigenvalue weighted by atomic mass is 31.2. The topological polar surface area (TPSA) is 173 Å². The van der Waals surface area contributed by atoms with Crippen LogP contribution in [0.3, 0.4) is 0 Å². The molecule has 0 aliphatic heterocycles. The summed E-state index contributed by atoms with van der Waals surface area (Å²) >= 11 is 0. The van der Waals surface area contributed by atoms with Gasteiger partial charge in [-0.3, -0.25) is 19.2 Å². The van der Waals surface area contributed by atoms with E-state index in [1.807, 2.05) is 20.8 Å². The van der Waals surface area contributed by atoms with E-state index >= 15 is 0 Å². The van der Waals surface area contributed by atoms with Crippen LogP contribution in [-0.4, -0.2) is 69.2 Å². The number of anilines is 1. The van der Waals surface area contributed by atoms with Gasteiger partial charge in [-0.15, -0.1) is 0 Å². The SMILES string of the molecule is CC(C)COC(=O)[C@H](C)NP(=O)(CO[C@H](C)Cn1cnc2c(N)ncnc21)NC[C@H](C)C(=O)OC(C)C. The average molecular weight is 542 g/mol. The Bertz CT molecular complexity index is 1090. The molecule has 0 aliphatic rings. The maximum absolute atomic E-state index is 13.8. The first-order valence-electron chi connectivity index (χ1n) is 12.3.